The number of carbonyl (C=O) groups excluding carboxylic acids is 2. The van der Waals surface area contributed by atoms with Gasteiger partial charge in [-0.15, -0.1) is 0 Å². The highest BCUT2D eigenvalue weighted by atomic mass is 79.9. The largest absolute Gasteiger partial charge is 0.493 e. The van der Waals surface area contributed by atoms with Gasteiger partial charge < -0.3 is 14.2 Å². The van der Waals surface area contributed by atoms with Gasteiger partial charge in [-0.25, -0.2) is 9.59 Å². The Morgan fingerprint density at radius 1 is 0.968 bits per heavy atom. The number of rotatable bonds is 8. The smallest absolute Gasteiger partial charge is 0.338 e. The third kappa shape index (κ3) is 6.83. The summed E-state index contributed by atoms with van der Waals surface area (Å²) in [6.07, 6.45) is 2.96. The predicted octanol–water partition coefficient (Wildman–Crippen LogP) is 5.82. The molecule has 31 heavy (non-hydrogen) atoms. The molecule has 0 fully saturated rings. The lowest BCUT2D eigenvalue weighted by Gasteiger charge is -2.07. The Labute approximate surface area is 189 Å². The van der Waals surface area contributed by atoms with Gasteiger partial charge in [0.1, 0.15) is 18.1 Å². The summed E-state index contributed by atoms with van der Waals surface area (Å²) in [6.45, 7) is 2.61. The van der Waals surface area contributed by atoms with Crippen molar-refractivity contribution in [1.82, 2.24) is 0 Å². The molecule has 3 rings (SSSR count). The van der Waals surface area contributed by atoms with E-state index in [2.05, 4.69) is 15.9 Å². The van der Waals surface area contributed by atoms with E-state index < -0.39 is 11.9 Å². The molecule has 3 aromatic carbocycles. The van der Waals surface area contributed by atoms with E-state index in [-0.39, 0.29) is 6.61 Å². The van der Waals surface area contributed by atoms with Crippen molar-refractivity contribution in [3.05, 3.63) is 100 Å². The fourth-order valence-corrected chi connectivity index (χ4v) is 3.09. The standard InChI is InChI=1S/C25H21BrO5/c1-2-29-23-14-11-21(26)16-20(23)10-15-24(27)31-22-12-8-19(9-13-22)25(28)30-17-18-6-4-3-5-7-18/h3-16H,2,17H2,1H3/b15-10+. The second-order valence-electron chi connectivity index (χ2n) is 6.46. The van der Waals surface area contributed by atoms with E-state index in [1.54, 1.807) is 30.3 Å². The first-order chi connectivity index (χ1) is 15.0. The maximum atomic E-state index is 12.2. The summed E-state index contributed by atoms with van der Waals surface area (Å²) in [7, 11) is 0. The van der Waals surface area contributed by atoms with E-state index in [0.29, 0.717) is 23.7 Å². The lowest BCUT2D eigenvalue weighted by molar-refractivity contribution is -0.128. The lowest BCUT2D eigenvalue weighted by atomic mass is 10.2. The number of benzene rings is 3. The molecular weight excluding hydrogens is 460 g/mol. The highest BCUT2D eigenvalue weighted by Crippen LogP contribution is 2.24. The molecular formula is C25H21BrO5. The quantitative estimate of drug-likeness (QED) is 0.230. The number of hydrogen-bond donors (Lipinski definition) is 0. The Balaban J connectivity index is 1.57. The van der Waals surface area contributed by atoms with Crippen LogP contribution >= 0.6 is 15.9 Å². The molecule has 0 radical (unpaired) electrons. The highest BCUT2D eigenvalue weighted by molar-refractivity contribution is 9.10. The van der Waals surface area contributed by atoms with E-state index in [4.69, 9.17) is 14.2 Å². The van der Waals surface area contributed by atoms with Gasteiger partial charge in [0.2, 0.25) is 0 Å². The molecule has 0 aliphatic rings. The third-order valence-electron chi connectivity index (χ3n) is 4.19. The van der Waals surface area contributed by atoms with Crippen molar-refractivity contribution >= 4 is 33.9 Å². The van der Waals surface area contributed by atoms with Crippen LogP contribution < -0.4 is 9.47 Å². The van der Waals surface area contributed by atoms with Crippen LogP contribution in [0.3, 0.4) is 0 Å². The molecule has 0 saturated heterocycles. The van der Waals surface area contributed by atoms with E-state index in [9.17, 15) is 9.59 Å². The molecule has 6 heteroatoms. The summed E-state index contributed by atoms with van der Waals surface area (Å²) in [5.74, 6) is 0.0169. The van der Waals surface area contributed by atoms with Crippen LogP contribution in [-0.4, -0.2) is 18.5 Å². The van der Waals surface area contributed by atoms with Crippen molar-refractivity contribution in [1.29, 1.82) is 0 Å². The van der Waals surface area contributed by atoms with Gasteiger partial charge in [-0.3, -0.25) is 0 Å². The van der Waals surface area contributed by atoms with Crippen molar-refractivity contribution in [2.75, 3.05) is 6.61 Å². The number of esters is 2. The maximum absolute atomic E-state index is 12.2. The average molecular weight is 481 g/mol. The molecule has 0 saturated carbocycles. The van der Waals surface area contributed by atoms with Gasteiger partial charge in [0.25, 0.3) is 0 Å². The van der Waals surface area contributed by atoms with Crippen LogP contribution in [0.4, 0.5) is 0 Å². The predicted molar refractivity (Wildman–Crippen MR) is 122 cm³/mol. The van der Waals surface area contributed by atoms with Crippen LogP contribution in [0, 0.1) is 0 Å². The molecule has 0 amide bonds. The summed E-state index contributed by atoms with van der Waals surface area (Å²) in [4.78, 5) is 24.3. The van der Waals surface area contributed by atoms with Crippen molar-refractivity contribution in [2.24, 2.45) is 0 Å². The molecule has 0 aromatic heterocycles. The summed E-state index contributed by atoms with van der Waals surface area (Å²) in [5, 5.41) is 0. The Morgan fingerprint density at radius 3 is 2.42 bits per heavy atom. The second kappa shape index (κ2) is 11.1. The van der Waals surface area contributed by atoms with Crippen LogP contribution in [0.5, 0.6) is 11.5 Å². The normalized spacial score (nSPS) is 10.6. The van der Waals surface area contributed by atoms with Crippen molar-refractivity contribution in [2.45, 2.75) is 13.5 Å². The first kappa shape index (κ1) is 22.3. The first-order valence-electron chi connectivity index (χ1n) is 9.68. The van der Waals surface area contributed by atoms with Crippen LogP contribution in [0.25, 0.3) is 6.08 Å². The van der Waals surface area contributed by atoms with Gasteiger partial charge in [-0.1, -0.05) is 46.3 Å². The molecule has 0 bridgehead atoms. The van der Waals surface area contributed by atoms with Crippen molar-refractivity contribution < 1.29 is 23.8 Å². The second-order valence-corrected chi connectivity index (χ2v) is 7.37. The molecule has 0 heterocycles. The molecule has 0 atom stereocenters. The van der Waals surface area contributed by atoms with E-state index in [0.717, 1.165) is 15.6 Å². The zero-order valence-corrected chi connectivity index (χ0v) is 18.5. The Hall–Kier alpha value is -3.38. The molecule has 0 N–H and O–H groups in total. The zero-order chi connectivity index (χ0) is 22.1. The topological polar surface area (TPSA) is 61.8 Å². The van der Waals surface area contributed by atoms with Crippen molar-refractivity contribution in [3.63, 3.8) is 0 Å². The minimum Gasteiger partial charge on any atom is -0.493 e. The van der Waals surface area contributed by atoms with Gasteiger partial charge in [0.05, 0.1) is 12.2 Å². The number of halogens is 1. The first-order valence-corrected chi connectivity index (χ1v) is 10.5. The minimum atomic E-state index is -0.540. The summed E-state index contributed by atoms with van der Waals surface area (Å²) in [5.41, 5.74) is 2.04. The fraction of sp³-hybridized carbons (Fsp3) is 0.120. The monoisotopic (exact) mass is 480 g/mol. The Morgan fingerprint density at radius 2 is 1.71 bits per heavy atom. The molecule has 0 aliphatic carbocycles. The fourth-order valence-electron chi connectivity index (χ4n) is 2.71. The Kier molecular flexibility index (Phi) is 8.01. The van der Waals surface area contributed by atoms with Crippen LogP contribution in [-0.2, 0) is 16.1 Å². The molecule has 5 nitrogen and oxygen atoms in total. The maximum Gasteiger partial charge on any atom is 0.338 e. The zero-order valence-electron chi connectivity index (χ0n) is 16.9. The van der Waals surface area contributed by atoms with Crippen LogP contribution in [0.1, 0.15) is 28.4 Å². The van der Waals surface area contributed by atoms with Crippen LogP contribution in [0.2, 0.25) is 0 Å². The summed E-state index contributed by atoms with van der Waals surface area (Å²) in [6, 6.07) is 21.2. The SMILES string of the molecule is CCOc1ccc(Br)cc1/C=C/C(=O)Oc1ccc(C(=O)OCc2ccccc2)cc1. The number of ether oxygens (including phenoxy) is 3. The van der Waals surface area contributed by atoms with E-state index >= 15 is 0 Å². The molecule has 0 aliphatic heterocycles. The molecule has 158 valence electrons. The van der Waals surface area contributed by atoms with Gasteiger partial charge in [-0.05, 0) is 61.0 Å². The molecule has 3 aromatic rings. The van der Waals surface area contributed by atoms with Gasteiger partial charge in [-0.2, -0.15) is 0 Å². The van der Waals surface area contributed by atoms with Gasteiger partial charge in [0.15, 0.2) is 0 Å². The Bertz CT molecular complexity index is 1060. The number of hydrogen-bond acceptors (Lipinski definition) is 5. The summed E-state index contributed by atoms with van der Waals surface area (Å²) >= 11 is 3.41. The van der Waals surface area contributed by atoms with Gasteiger partial charge in [0, 0.05) is 16.1 Å². The molecule has 0 spiro atoms. The van der Waals surface area contributed by atoms with Gasteiger partial charge >= 0.3 is 11.9 Å². The average Bonchev–Trinajstić information content (AvgIpc) is 2.79. The number of carbonyl (C=O) groups is 2. The van der Waals surface area contributed by atoms with E-state index in [1.165, 1.54) is 6.08 Å². The van der Waals surface area contributed by atoms with Crippen LogP contribution in [0.15, 0.2) is 83.3 Å². The highest BCUT2D eigenvalue weighted by Gasteiger charge is 2.09. The minimum absolute atomic E-state index is 0.195. The summed E-state index contributed by atoms with van der Waals surface area (Å²) < 4.78 is 17.0. The lowest BCUT2D eigenvalue weighted by Crippen LogP contribution is -2.06. The van der Waals surface area contributed by atoms with Crippen molar-refractivity contribution in [3.8, 4) is 11.5 Å². The third-order valence-corrected chi connectivity index (χ3v) is 4.69. The van der Waals surface area contributed by atoms with E-state index in [1.807, 2.05) is 55.5 Å². The molecule has 0 unspecified atom stereocenters.